The van der Waals surface area contributed by atoms with Crippen molar-refractivity contribution in [2.45, 2.75) is 57.9 Å². The molecule has 1 aliphatic rings. The zero-order valence-electron chi connectivity index (χ0n) is 11.6. The molecule has 0 bridgehead atoms. The van der Waals surface area contributed by atoms with Gasteiger partial charge in [-0.05, 0) is 37.0 Å². The second-order valence-electron chi connectivity index (χ2n) is 5.25. The summed E-state index contributed by atoms with van der Waals surface area (Å²) in [5.74, 6) is 0.995. The van der Waals surface area contributed by atoms with Crippen molar-refractivity contribution in [3.8, 4) is 5.75 Å². The van der Waals surface area contributed by atoms with E-state index >= 15 is 0 Å². The van der Waals surface area contributed by atoms with Crippen molar-refractivity contribution in [3.63, 3.8) is 0 Å². The zero-order chi connectivity index (χ0) is 13.2. The molecule has 1 aromatic carbocycles. The fourth-order valence-corrected chi connectivity index (χ4v) is 3.63. The van der Waals surface area contributed by atoms with Gasteiger partial charge in [-0.1, -0.05) is 32.9 Å². The number of rotatable bonds is 5. The minimum Gasteiger partial charge on any atom is -0.490 e. The van der Waals surface area contributed by atoms with E-state index in [9.17, 15) is 0 Å². The van der Waals surface area contributed by atoms with Gasteiger partial charge in [0.15, 0.2) is 0 Å². The molecule has 1 aromatic rings. The van der Waals surface area contributed by atoms with Crippen molar-refractivity contribution >= 4 is 11.6 Å². The third kappa shape index (κ3) is 2.25. The van der Waals surface area contributed by atoms with E-state index in [1.54, 1.807) is 0 Å². The lowest BCUT2D eigenvalue weighted by molar-refractivity contribution is -0.0462. The number of hydrogen-bond donors (Lipinski definition) is 0. The Morgan fingerprint density at radius 3 is 2.56 bits per heavy atom. The van der Waals surface area contributed by atoms with E-state index in [0.29, 0.717) is 0 Å². The minimum absolute atomic E-state index is 0.170. The average Bonchev–Trinajstić information content (AvgIpc) is 2.40. The first kappa shape index (κ1) is 13.7. The quantitative estimate of drug-likeness (QED) is 0.695. The van der Waals surface area contributed by atoms with Crippen LogP contribution in [0.3, 0.4) is 0 Å². The van der Waals surface area contributed by atoms with E-state index in [0.717, 1.165) is 31.4 Å². The molecule has 2 unspecified atom stereocenters. The van der Waals surface area contributed by atoms with E-state index in [2.05, 4.69) is 45.0 Å². The first-order chi connectivity index (χ1) is 8.66. The maximum atomic E-state index is 6.41. The number of aryl methyl sites for hydroxylation is 1. The summed E-state index contributed by atoms with van der Waals surface area (Å²) in [6, 6.07) is 8.42. The molecule has 0 N–H and O–H groups in total. The predicted molar refractivity (Wildman–Crippen MR) is 77.5 cm³/mol. The van der Waals surface area contributed by atoms with Gasteiger partial charge in [-0.25, -0.2) is 0 Å². The Balaban J connectivity index is 2.10. The summed E-state index contributed by atoms with van der Waals surface area (Å²) in [6.45, 7) is 6.60. The molecule has 0 amide bonds. The van der Waals surface area contributed by atoms with Gasteiger partial charge in [0.05, 0.1) is 0 Å². The Bertz CT molecular complexity index is 398. The molecule has 1 saturated carbocycles. The summed E-state index contributed by atoms with van der Waals surface area (Å²) in [6.07, 6.45) is 4.49. The number of halogens is 1. The van der Waals surface area contributed by atoms with E-state index in [1.807, 2.05) is 0 Å². The Hall–Kier alpha value is -0.690. The molecular weight excluding hydrogens is 244 g/mol. The van der Waals surface area contributed by atoms with Crippen molar-refractivity contribution in [1.29, 1.82) is 0 Å². The van der Waals surface area contributed by atoms with Gasteiger partial charge in [0.25, 0.3) is 0 Å². The highest BCUT2D eigenvalue weighted by Crippen LogP contribution is 2.51. The maximum absolute atomic E-state index is 6.41. The van der Waals surface area contributed by atoms with Gasteiger partial charge in [0, 0.05) is 17.2 Å². The molecule has 1 aliphatic carbocycles. The van der Waals surface area contributed by atoms with Gasteiger partial charge in [-0.2, -0.15) is 0 Å². The van der Waals surface area contributed by atoms with Gasteiger partial charge in [0.2, 0.25) is 0 Å². The number of hydrogen-bond acceptors (Lipinski definition) is 1. The van der Waals surface area contributed by atoms with Crippen LogP contribution in [-0.4, -0.2) is 11.5 Å². The Morgan fingerprint density at radius 2 is 2.00 bits per heavy atom. The molecular formula is C16H23ClO. The van der Waals surface area contributed by atoms with Gasteiger partial charge >= 0.3 is 0 Å². The first-order valence-corrected chi connectivity index (χ1v) is 7.49. The lowest BCUT2D eigenvalue weighted by Gasteiger charge is -2.52. The topological polar surface area (TPSA) is 9.23 Å². The third-order valence-corrected chi connectivity index (χ3v) is 5.20. The molecule has 0 spiro atoms. The second kappa shape index (κ2) is 5.52. The highest BCUT2D eigenvalue weighted by molar-refractivity contribution is 6.21. The summed E-state index contributed by atoms with van der Waals surface area (Å²) in [4.78, 5) is 0. The van der Waals surface area contributed by atoms with Crippen LogP contribution in [0.15, 0.2) is 24.3 Å². The Kier molecular flexibility index (Phi) is 4.21. The molecule has 0 saturated heterocycles. The normalized spacial score (nSPS) is 25.6. The first-order valence-electron chi connectivity index (χ1n) is 7.06. The maximum Gasteiger partial charge on any atom is 0.120 e. The standard InChI is InChI=1S/C16H23ClO/c1-4-12-8-7-9-13(10-12)18-15-11-14(17)16(15,5-2)6-3/h7-10,14-15H,4-6,11H2,1-3H3. The van der Waals surface area contributed by atoms with Crippen LogP contribution in [0.5, 0.6) is 5.75 Å². The summed E-state index contributed by atoms with van der Waals surface area (Å²) in [5.41, 5.74) is 1.50. The molecule has 100 valence electrons. The molecule has 2 heteroatoms. The third-order valence-electron chi connectivity index (χ3n) is 4.59. The van der Waals surface area contributed by atoms with Crippen molar-refractivity contribution < 1.29 is 4.74 Å². The lowest BCUT2D eigenvalue weighted by atomic mass is 9.62. The zero-order valence-corrected chi connectivity index (χ0v) is 12.3. The monoisotopic (exact) mass is 266 g/mol. The lowest BCUT2D eigenvalue weighted by Crippen LogP contribution is -2.56. The molecule has 18 heavy (non-hydrogen) atoms. The van der Waals surface area contributed by atoms with E-state index in [1.165, 1.54) is 5.56 Å². The highest BCUT2D eigenvalue weighted by atomic mass is 35.5. The van der Waals surface area contributed by atoms with Crippen molar-refractivity contribution in [3.05, 3.63) is 29.8 Å². The van der Waals surface area contributed by atoms with Crippen LogP contribution in [-0.2, 0) is 6.42 Å². The van der Waals surface area contributed by atoms with Crippen molar-refractivity contribution in [1.82, 2.24) is 0 Å². The molecule has 2 rings (SSSR count). The SMILES string of the molecule is CCc1cccc(OC2CC(Cl)C2(CC)CC)c1. The molecule has 0 radical (unpaired) electrons. The largest absolute Gasteiger partial charge is 0.490 e. The van der Waals surface area contributed by atoms with Gasteiger partial charge in [-0.3, -0.25) is 0 Å². The van der Waals surface area contributed by atoms with Crippen LogP contribution in [0.2, 0.25) is 0 Å². The minimum atomic E-state index is 0.170. The van der Waals surface area contributed by atoms with E-state index < -0.39 is 0 Å². The van der Waals surface area contributed by atoms with Gasteiger partial charge < -0.3 is 4.74 Å². The average molecular weight is 267 g/mol. The van der Waals surface area contributed by atoms with Crippen LogP contribution in [0.1, 0.15) is 45.6 Å². The second-order valence-corrected chi connectivity index (χ2v) is 5.78. The van der Waals surface area contributed by atoms with Crippen molar-refractivity contribution in [2.75, 3.05) is 0 Å². The van der Waals surface area contributed by atoms with Crippen LogP contribution in [0.4, 0.5) is 0 Å². The molecule has 0 aromatic heterocycles. The van der Waals surface area contributed by atoms with Crippen LogP contribution >= 0.6 is 11.6 Å². The van der Waals surface area contributed by atoms with E-state index in [-0.39, 0.29) is 16.9 Å². The van der Waals surface area contributed by atoms with Crippen LogP contribution in [0.25, 0.3) is 0 Å². The van der Waals surface area contributed by atoms with Gasteiger partial charge in [-0.15, -0.1) is 11.6 Å². The summed E-state index contributed by atoms with van der Waals surface area (Å²) in [5, 5.41) is 0.270. The molecule has 1 fully saturated rings. The Morgan fingerprint density at radius 1 is 1.28 bits per heavy atom. The number of alkyl halides is 1. The number of ether oxygens (including phenoxy) is 1. The summed E-state index contributed by atoms with van der Waals surface area (Å²) < 4.78 is 6.18. The Labute approximate surface area is 115 Å². The summed E-state index contributed by atoms with van der Waals surface area (Å²) >= 11 is 6.41. The molecule has 1 nitrogen and oxygen atoms in total. The van der Waals surface area contributed by atoms with Gasteiger partial charge in [0.1, 0.15) is 11.9 Å². The molecule has 0 heterocycles. The summed E-state index contributed by atoms with van der Waals surface area (Å²) in [7, 11) is 0. The number of benzene rings is 1. The predicted octanol–water partition coefficient (Wildman–Crippen LogP) is 4.81. The molecule has 0 aliphatic heterocycles. The fraction of sp³-hybridized carbons (Fsp3) is 0.625. The fourth-order valence-electron chi connectivity index (χ4n) is 3.02. The van der Waals surface area contributed by atoms with Crippen LogP contribution < -0.4 is 4.74 Å². The molecule has 2 atom stereocenters. The highest BCUT2D eigenvalue weighted by Gasteiger charge is 2.53. The van der Waals surface area contributed by atoms with E-state index in [4.69, 9.17) is 16.3 Å². The smallest absolute Gasteiger partial charge is 0.120 e. The van der Waals surface area contributed by atoms with Crippen molar-refractivity contribution in [2.24, 2.45) is 5.41 Å². The van der Waals surface area contributed by atoms with Crippen LogP contribution in [0, 0.1) is 5.41 Å².